The van der Waals surface area contributed by atoms with E-state index in [1.807, 2.05) is 43.2 Å². The molecule has 8 nitrogen and oxygen atoms in total. The second-order valence-corrected chi connectivity index (χ2v) is 10.8. The Bertz CT molecular complexity index is 1600. The van der Waals surface area contributed by atoms with Gasteiger partial charge < -0.3 is 24.6 Å². The first kappa shape index (κ1) is 25.1. The smallest absolute Gasteiger partial charge is 0.246 e. The summed E-state index contributed by atoms with van der Waals surface area (Å²) in [7, 11) is 4.12. The van der Waals surface area contributed by atoms with Gasteiger partial charge in [0.2, 0.25) is 11.9 Å². The van der Waals surface area contributed by atoms with Gasteiger partial charge in [-0.15, -0.1) is 0 Å². The average Bonchev–Trinajstić information content (AvgIpc) is 3.31. The van der Waals surface area contributed by atoms with Crippen molar-refractivity contribution in [2.75, 3.05) is 56.6 Å². The van der Waals surface area contributed by atoms with E-state index in [0.717, 1.165) is 35.5 Å². The van der Waals surface area contributed by atoms with Crippen molar-refractivity contribution in [3.8, 4) is 11.1 Å². The third-order valence-corrected chi connectivity index (χ3v) is 8.09. The van der Waals surface area contributed by atoms with Crippen LogP contribution in [0.25, 0.3) is 34.2 Å². The Morgan fingerprint density at radius 3 is 2.67 bits per heavy atom. The van der Waals surface area contributed by atoms with Crippen LogP contribution >= 0.6 is 0 Å². The summed E-state index contributed by atoms with van der Waals surface area (Å²) in [6, 6.07) is 2.36. The van der Waals surface area contributed by atoms with Crippen molar-refractivity contribution in [3.05, 3.63) is 59.0 Å². The number of amides is 1. The van der Waals surface area contributed by atoms with Crippen LogP contribution in [-0.4, -0.2) is 89.6 Å². The predicted molar refractivity (Wildman–Crippen MR) is 153 cm³/mol. The summed E-state index contributed by atoms with van der Waals surface area (Å²) in [4.78, 5) is 33.6. The highest BCUT2D eigenvalue weighted by Gasteiger charge is 2.34. The van der Waals surface area contributed by atoms with Gasteiger partial charge in [-0.05, 0) is 51.7 Å². The third kappa shape index (κ3) is 4.16. The van der Waals surface area contributed by atoms with Crippen LogP contribution in [0.2, 0.25) is 0 Å². The summed E-state index contributed by atoms with van der Waals surface area (Å²) in [5.41, 5.74) is 10.1. The van der Waals surface area contributed by atoms with E-state index in [1.54, 1.807) is 0 Å². The molecule has 9 heteroatoms. The lowest BCUT2D eigenvalue weighted by molar-refractivity contribution is -0.128. The van der Waals surface area contributed by atoms with E-state index in [4.69, 9.17) is 9.97 Å². The van der Waals surface area contributed by atoms with Crippen molar-refractivity contribution < 1.29 is 9.18 Å². The number of halogens is 1. The van der Waals surface area contributed by atoms with Crippen molar-refractivity contribution in [1.29, 1.82) is 0 Å². The molecule has 0 saturated carbocycles. The van der Waals surface area contributed by atoms with Gasteiger partial charge in [-0.1, -0.05) is 18.0 Å². The van der Waals surface area contributed by atoms with Gasteiger partial charge >= 0.3 is 0 Å². The second kappa shape index (κ2) is 9.54. The van der Waals surface area contributed by atoms with Crippen LogP contribution < -0.4 is 9.80 Å². The monoisotopic (exact) mass is 525 g/mol. The summed E-state index contributed by atoms with van der Waals surface area (Å²) in [6.45, 7) is 10.9. The van der Waals surface area contributed by atoms with E-state index in [9.17, 15) is 4.79 Å². The zero-order valence-corrected chi connectivity index (χ0v) is 22.8. The first-order valence-corrected chi connectivity index (χ1v) is 13.3. The molecule has 2 aromatic heterocycles. The van der Waals surface area contributed by atoms with E-state index in [1.165, 1.54) is 6.08 Å². The molecule has 0 spiro atoms. The maximum absolute atomic E-state index is 16.6. The molecule has 2 fully saturated rings. The summed E-state index contributed by atoms with van der Waals surface area (Å²) < 4.78 is 16.6. The molecular formula is C30H32FN7O. The fourth-order valence-electron chi connectivity index (χ4n) is 5.74. The van der Waals surface area contributed by atoms with Gasteiger partial charge in [0.25, 0.3) is 0 Å². The van der Waals surface area contributed by atoms with E-state index < -0.39 is 0 Å². The normalized spacial score (nSPS) is 18.7. The highest BCUT2D eigenvalue weighted by Crippen LogP contribution is 2.39. The van der Waals surface area contributed by atoms with E-state index in [-0.39, 0.29) is 17.8 Å². The van der Waals surface area contributed by atoms with Crippen LogP contribution in [0.4, 0.5) is 16.2 Å². The Kier molecular flexibility index (Phi) is 6.15. The average molecular weight is 526 g/mol. The molecule has 2 saturated heterocycles. The summed E-state index contributed by atoms with van der Waals surface area (Å²) in [5, 5.41) is 0.678. The molecule has 200 valence electrons. The number of anilines is 2. The largest absolute Gasteiger partial charge is 0.360 e. The van der Waals surface area contributed by atoms with Gasteiger partial charge in [0, 0.05) is 79.2 Å². The molecule has 0 bridgehead atoms. The minimum Gasteiger partial charge on any atom is -0.360 e. The van der Waals surface area contributed by atoms with Gasteiger partial charge in [0.15, 0.2) is 5.82 Å². The maximum atomic E-state index is 16.6. The number of benzene rings is 1. The van der Waals surface area contributed by atoms with Crippen LogP contribution in [0.5, 0.6) is 0 Å². The molecule has 1 aliphatic carbocycles. The SMILES string of the molecule is C=CC(=O)N1CCN(c2nc(N3CC(N(C)C)C3)nc3c(F)c(-c4c[nH]c5c4C=C=C=C5)c(C)cc23)CC1C. The standard InChI is InChI=1S/C30H32FN7O/c1-6-25(39)38-12-11-36(15-19(38)3)29-22-13-18(2)26(23-14-32-24-10-8-7-9-21(23)24)27(31)28(22)33-30(34-29)37-16-20(17-37)35(4)5/h6,9-10,13-14,19-20,32H,1,11-12,15-17H2,2-5H3. The summed E-state index contributed by atoms with van der Waals surface area (Å²) >= 11 is 0. The number of rotatable bonds is 5. The molecule has 1 amide bonds. The number of piperazine rings is 1. The molecule has 39 heavy (non-hydrogen) atoms. The lowest BCUT2D eigenvalue weighted by Crippen LogP contribution is -2.58. The fourth-order valence-corrected chi connectivity index (χ4v) is 5.74. The van der Waals surface area contributed by atoms with Crippen molar-refractivity contribution >= 4 is 40.7 Å². The van der Waals surface area contributed by atoms with Crippen LogP contribution in [-0.2, 0) is 4.79 Å². The van der Waals surface area contributed by atoms with Crippen LogP contribution in [0.15, 0.2) is 36.4 Å². The number of hydrogen-bond donors (Lipinski definition) is 1. The van der Waals surface area contributed by atoms with Gasteiger partial charge in [0.1, 0.15) is 11.3 Å². The fraction of sp³-hybridized carbons (Fsp3) is 0.367. The van der Waals surface area contributed by atoms with E-state index in [0.29, 0.717) is 53.9 Å². The van der Waals surface area contributed by atoms with Gasteiger partial charge in [-0.3, -0.25) is 4.79 Å². The van der Waals surface area contributed by atoms with E-state index in [2.05, 4.69) is 51.8 Å². The van der Waals surface area contributed by atoms with Crippen molar-refractivity contribution in [3.63, 3.8) is 0 Å². The quantitative estimate of drug-likeness (QED) is 0.315. The summed E-state index contributed by atoms with van der Waals surface area (Å²) in [5.74, 6) is 0.798. The van der Waals surface area contributed by atoms with Gasteiger partial charge in [0.05, 0.1) is 5.69 Å². The molecule has 4 heterocycles. The number of aromatic nitrogens is 3. The number of carbonyl (C=O) groups excluding carboxylic acids is 1. The number of hydrogen-bond acceptors (Lipinski definition) is 6. The maximum Gasteiger partial charge on any atom is 0.246 e. The molecule has 0 radical (unpaired) electrons. The molecule has 2 aliphatic heterocycles. The number of likely N-dealkylation sites (N-methyl/N-ethyl adjacent to an activating group) is 1. The number of nitrogens with one attached hydrogen (secondary N) is 1. The minimum atomic E-state index is -0.359. The molecule has 6 rings (SSSR count). The molecular weight excluding hydrogens is 493 g/mol. The zero-order valence-electron chi connectivity index (χ0n) is 22.8. The first-order valence-electron chi connectivity index (χ1n) is 13.3. The zero-order chi connectivity index (χ0) is 27.4. The Hall–Kier alpha value is -4.16. The van der Waals surface area contributed by atoms with E-state index >= 15 is 4.39 Å². The first-order chi connectivity index (χ1) is 18.8. The Labute approximate surface area is 227 Å². The van der Waals surface area contributed by atoms with Gasteiger partial charge in [-0.25, -0.2) is 9.37 Å². The number of nitrogens with zero attached hydrogens (tertiary/aromatic N) is 6. The van der Waals surface area contributed by atoms with Crippen LogP contribution in [0, 0.1) is 12.7 Å². The van der Waals surface area contributed by atoms with Crippen molar-refractivity contribution in [2.24, 2.45) is 0 Å². The Balaban J connectivity index is 1.48. The topological polar surface area (TPSA) is 71.6 Å². The lowest BCUT2D eigenvalue weighted by Gasteiger charge is -2.43. The number of aromatic amines is 1. The molecule has 1 unspecified atom stereocenters. The molecule has 1 N–H and O–H groups in total. The number of H-pyrrole nitrogens is 1. The predicted octanol–water partition coefficient (Wildman–Crippen LogP) is 3.84. The molecule has 1 atom stereocenters. The van der Waals surface area contributed by atoms with Crippen LogP contribution in [0.1, 0.15) is 23.7 Å². The second-order valence-electron chi connectivity index (χ2n) is 10.8. The lowest BCUT2D eigenvalue weighted by atomic mass is 9.95. The van der Waals surface area contributed by atoms with Crippen molar-refractivity contribution in [1.82, 2.24) is 24.8 Å². The highest BCUT2D eigenvalue weighted by molar-refractivity contribution is 5.97. The van der Waals surface area contributed by atoms with Crippen LogP contribution in [0.3, 0.4) is 0 Å². The molecule has 3 aliphatic rings. The molecule has 3 aromatic rings. The Morgan fingerprint density at radius 1 is 1.18 bits per heavy atom. The number of carbonyl (C=O) groups is 1. The number of fused-ring (bicyclic) bond motifs is 2. The number of aryl methyl sites for hydroxylation is 1. The third-order valence-electron chi connectivity index (χ3n) is 8.09. The van der Waals surface area contributed by atoms with Gasteiger partial charge in [-0.2, -0.15) is 4.98 Å². The Morgan fingerprint density at radius 2 is 1.95 bits per heavy atom. The summed E-state index contributed by atoms with van der Waals surface area (Å²) in [6.07, 6.45) is 6.83. The molecule has 1 aromatic carbocycles. The minimum absolute atomic E-state index is 0.0377. The highest BCUT2D eigenvalue weighted by atomic mass is 19.1. The van der Waals surface area contributed by atoms with Crippen molar-refractivity contribution in [2.45, 2.75) is 25.9 Å².